The van der Waals surface area contributed by atoms with Crippen molar-refractivity contribution in [3.63, 3.8) is 0 Å². The maximum absolute atomic E-state index is 11.6. The highest BCUT2D eigenvalue weighted by Gasteiger charge is 2.14. The Kier molecular flexibility index (Phi) is 4.12. The van der Waals surface area contributed by atoms with Crippen LogP contribution in [0.1, 0.15) is 39.5 Å². The molecule has 0 saturated carbocycles. The zero-order valence-corrected chi connectivity index (χ0v) is 10.3. The van der Waals surface area contributed by atoms with Crippen molar-refractivity contribution in [2.75, 3.05) is 6.54 Å². The Labute approximate surface area is 96.4 Å². The van der Waals surface area contributed by atoms with Crippen molar-refractivity contribution in [1.82, 2.24) is 10.6 Å². The Hall–Kier alpha value is -1.29. The monoisotopic (exact) mass is 224 g/mol. The van der Waals surface area contributed by atoms with Crippen LogP contribution in [0.4, 0.5) is 0 Å². The summed E-state index contributed by atoms with van der Waals surface area (Å²) in [6, 6.07) is 3.57. The fraction of sp³-hybridized carbons (Fsp3) is 0.583. The highest BCUT2D eigenvalue weighted by atomic mass is 16.3. The first-order valence-electron chi connectivity index (χ1n) is 5.46. The van der Waals surface area contributed by atoms with Gasteiger partial charge in [0.1, 0.15) is 5.76 Å². The summed E-state index contributed by atoms with van der Waals surface area (Å²) in [5, 5.41) is 5.99. The molecule has 0 saturated heterocycles. The van der Waals surface area contributed by atoms with E-state index in [1.54, 1.807) is 6.26 Å². The molecule has 0 radical (unpaired) electrons. The minimum Gasteiger partial charge on any atom is -0.467 e. The van der Waals surface area contributed by atoms with E-state index >= 15 is 0 Å². The maximum atomic E-state index is 11.6. The van der Waals surface area contributed by atoms with Crippen LogP contribution in [0.25, 0.3) is 0 Å². The summed E-state index contributed by atoms with van der Waals surface area (Å²) in [4.78, 5) is 11.6. The molecule has 0 aromatic carbocycles. The molecule has 0 fully saturated rings. The Balaban J connectivity index is 2.35. The second kappa shape index (κ2) is 5.16. The SMILES string of the molecule is CC(NC(=O)CNC(C)(C)C)c1ccco1. The molecule has 0 aliphatic rings. The molecule has 1 rings (SSSR count). The van der Waals surface area contributed by atoms with Crippen molar-refractivity contribution in [2.24, 2.45) is 0 Å². The van der Waals surface area contributed by atoms with Gasteiger partial charge in [0.05, 0.1) is 18.8 Å². The highest BCUT2D eigenvalue weighted by molar-refractivity contribution is 5.78. The number of amides is 1. The van der Waals surface area contributed by atoms with Gasteiger partial charge in [-0.15, -0.1) is 0 Å². The van der Waals surface area contributed by atoms with Crippen molar-refractivity contribution in [2.45, 2.75) is 39.3 Å². The maximum Gasteiger partial charge on any atom is 0.234 e. The number of carbonyl (C=O) groups is 1. The van der Waals surface area contributed by atoms with Crippen LogP contribution < -0.4 is 10.6 Å². The number of carbonyl (C=O) groups excluding carboxylic acids is 1. The molecule has 0 aliphatic heterocycles. The van der Waals surface area contributed by atoms with Crippen LogP contribution in [0.2, 0.25) is 0 Å². The third kappa shape index (κ3) is 4.49. The Bertz CT molecular complexity index is 325. The van der Waals surface area contributed by atoms with Crippen LogP contribution in [0, 0.1) is 0 Å². The Morgan fingerprint density at radius 2 is 2.19 bits per heavy atom. The molecule has 1 amide bonds. The van der Waals surface area contributed by atoms with E-state index in [1.165, 1.54) is 0 Å². The summed E-state index contributed by atoms with van der Waals surface area (Å²) in [7, 11) is 0. The smallest absolute Gasteiger partial charge is 0.234 e. The molecule has 2 N–H and O–H groups in total. The van der Waals surface area contributed by atoms with E-state index in [4.69, 9.17) is 4.42 Å². The molecule has 0 spiro atoms. The van der Waals surface area contributed by atoms with E-state index < -0.39 is 0 Å². The minimum atomic E-state index is -0.0933. The molecule has 16 heavy (non-hydrogen) atoms. The van der Waals surface area contributed by atoms with Crippen LogP contribution in [0.15, 0.2) is 22.8 Å². The second-order valence-electron chi connectivity index (χ2n) is 4.91. The van der Waals surface area contributed by atoms with Crippen molar-refractivity contribution < 1.29 is 9.21 Å². The summed E-state index contributed by atoms with van der Waals surface area (Å²) in [5.41, 5.74) is -0.0503. The van der Waals surface area contributed by atoms with Gasteiger partial charge in [0.25, 0.3) is 0 Å². The summed E-state index contributed by atoms with van der Waals surface area (Å²) in [5.74, 6) is 0.739. The van der Waals surface area contributed by atoms with Gasteiger partial charge in [-0.2, -0.15) is 0 Å². The van der Waals surface area contributed by atoms with Crippen LogP contribution in [0.5, 0.6) is 0 Å². The third-order valence-electron chi connectivity index (χ3n) is 2.13. The quantitative estimate of drug-likeness (QED) is 0.820. The number of furan rings is 1. The molecule has 1 unspecified atom stereocenters. The van der Waals surface area contributed by atoms with E-state index in [-0.39, 0.29) is 17.5 Å². The van der Waals surface area contributed by atoms with E-state index in [0.29, 0.717) is 6.54 Å². The van der Waals surface area contributed by atoms with Crippen molar-refractivity contribution >= 4 is 5.91 Å². The highest BCUT2D eigenvalue weighted by Crippen LogP contribution is 2.11. The number of hydrogen-bond donors (Lipinski definition) is 2. The van der Waals surface area contributed by atoms with Crippen molar-refractivity contribution in [3.8, 4) is 0 Å². The lowest BCUT2D eigenvalue weighted by atomic mass is 10.1. The predicted octanol–water partition coefficient (Wildman–Crippen LogP) is 1.84. The number of rotatable bonds is 4. The molecule has 0 aliphatic carbocycles. The van der Waals surface area contributed by atoms with Gasteiger partial charge < -0.3 is 15.1 Å². The first-order valence-corrected chi connectivity index (χ1v) is 5.46. The summed E-state index contributed by atoms with van der Waals surface area (Å²) < 4.78 is 5.21. The average molecular weight is 224 g/mol. The van der Waals surface area contributed by atoms with Gasteiger partial charge >= 0.3 is 0 Å². The Morgan fingerprint density at radius 3 is 2.69 bits per heavy atom. The molecule has 4 nitrogen and oxygen atoms in total. The lowest BCUT2D eigenvalue weighted by Crippen LogP contribution is -2.43. The standard InChI is InChI=1S/C12H20N2O2/c1-9(10-6-5-7-16-10)14-11(15)8-13-12(2,3)4/h5-7,9,13H,8H2,1-4H3,(H,14,15). The minimum absolute atomic E-state index is 0.0289. The van der Waals surface area contributed by atoms with Gasteiger partial charge in [0.2, 0.25) is 5.91 Å². The zero-order valence-electron chi connectivity index (χ0n) is 10.3. The third-order valence-corrected chi connectivity index (χ3v) is 2.13. The molecule has 1 heterocycles. The van der Waals surface area contributed by atoms with Gasteiger partial charge in [-0.1, -0.05) is 0 Å². The summed E-state index contributed by atoms with van der Waals surface area (Å²) in [6.07, 6.45) is 1.60. The van der Waals surface area contributed by atoms with Gasteiger partial charge in [0.15, 0.2) is 0 Å². The topological polar surface area (TPSA) is 54.3 Å². The van der Waals surface area contributed by atoms with Crippen molar-refractivity contribution in [1.29, 1.82) is 0 Å². The van der Waals surface area contributed by atoms with E-state index in [9.17, 15) is 4.79 Å². The molecule has 1 atom stereocenters. The lowest BCUT2D eigenvalue weighted by Gasteiger charge is -2.20. The molecule has 0 bridgehead atoms. The van der Waals surface area contributed by atoms with E-state index in [2.05, 4.69) is 10.6 Å². The average Bonchev–Trinajstić information content (AvgIpc) is 2.66. The van der Waals surface area contributed by atoms with Gasteiger partial charge in [-0.05, 0) is 39.8 Å². The van der Waals surface area contributed by atoms with Crippen LogP contribution in [-0.2, 0) is 4.79 Å². The fourth-order valence-electron chi connectivity index (χ4n) is 1.25. The van der Waals surface area contributed by atoms with Gasteiger partial charge in [-0.3, -0.25) is 4.79 Å². The largest absolute Gasteiger partial charge is 0.467 e. The number of nitrogens with one attached hydrogen (secondary N) is 2. The fourth-order valence-corrected chi connectivity index (χ4v) is 1.25. The van der Waals surface area contributed by atoms with Gasteiger partial charge in [0, 0.05) is 5.54 Å². The second-order valence-corrected chi connectivity index (χ2v) is 4.91. The van der Waals surface area contributed by atoms with Crippen molar-refractivity contribution in [3.05, 3.63) is 24.2 Å². The van der Waals surface area contributed by atoms with E-state index in [0.717, 1.165) is 5.76 Å². The Morgan fingerprint density at radius 1 is 1.50 bits per heavy atom. The molecular formula is C12H20N2O2. The number of hydrogen-bond acceptors (Lipinski definition) is 3. The molecule has 1 aromatic heterocycles. The predicted molar refractivity (Wildman–Crippen MR) is 63.0 cm³/mol. The summed E-state index contributed by atoms with van der Waals surface area (Å²) in [6.45, 7) is 8.28. The van der Waals surface area contributed by atoms with Crippen LogP contribution in [-0.4, -0.2) is 18.0 Å². The molecule has 90 valence electrons. The first-order chi connectivity index (χ1) is 7.38. The molecule has 1 aromatic rings. The molecular weight excluding hydrogens is 204 g/mol. The van der Waals surface area contributed by atoms with Gasteiger partial charge in [-0.25, -0.2) is 0 Å². The normalized spacial score (nSPS) is 13.5. The van der Waals surface area contributed by atoms with Crippen LogP contribution >= 0.6 is 0 Å². The van der Waals surface area contributed by atoms with E-state index in [1.807, 2.05) is 39.8 Å². The summed E-state index contributed by atoms with van der Waals surface area (Å²) >= 11 is 0. The first kappa shape index (κ1) is 12.8. The molecule has 4 heteroatoms. The lowest BCUT2D eigenvalue weighted by molar-refractivity contribution is -0.121. The zero-order chi connectivity index (χ0) is 12.2. The van der Waals surface area contributed by atoms with Crippen LogP contribution in [0.3, 0.4) is 0 Å².